The number of aldehydes is 1. The molecule has 0 radical (unpaired) electrons. The van der Waals surface area contributed by atoms with Crippen LogP contribution in [0.5, 0.6) is 0 Å². The molecular formula is C13H12ClNO2. The minimum Gasteiger partial charge on any atom is -0.472 e. The van der Waals surface area contributed by atoms with Crippen molar-refractivity contribution in [2.45, 2.75) is 6.54 Å². The first-order valence-corrected chi connectivity index (χ1v) is 5.56. The van der Waals surface area contributed by atoms with E-state index in [0.717, 1.165) is 17.5 Å². The largest absolute Gasteiger partial charge is 0.472 e. The van der Waals surface area contributed by atoms with Crippen molar-refractivity contribution in [3.05, 3.63) is 52.9 Å². The number of benzene rings is 1. The fourth-order valence-electron chi connectivity index (χ4n) is 1.72. The highest BCUT2D eigenvalue weighted by molar-refractivity contribution is 6.33. The summed E-state index contributed by atoms with van der Waals surface area (Å²) in [6, 6.07) is 7.30. The van der Waals surface area contributed by atoms with Crippen molar-refractivity contribution in [1.82, 2.24) is 0 Å². The van der Waals surface area contributed by atoms with Gasteiger partial charge in [-0.3, -0.25) is 4.79 Å². The topological polar surface area (TPSA) is 33.5 Å². The number of hydrogen-bond acceptors (Lipinski definition) is 3. The lowest BCUT2D eigenvalue weighted by atomic mass is 10.1. The van der Waals surface area contributed by atoms with E-state index in [1.165, 1.54) is 0 Å². The zero-order valence-electron chi connectivity index (χ0n) is 9.39. The molecule has 0 N–H and O–H groups in total. The van der Waals surface area contributed by atoms with Crippen molar-refractivity contribution in [1.29, 1.82) is 0 Å². The molecule has 2 rings (SSSR count). The third-order valence-electron chi connectivity index (χ3n) is 2.56. The minimum absolute atomic E-state index is 0.469. The number of rotatable bonds is 4. The highest BCUT2D eigenvalue weighted by Gasteiger charge is 2.10. The lowest BCUT2D eigenvalue weighted by Gasteiger charge is -2.20. The Labute approximate surface area is 105 Å². The van der Waals surface area contributed by atoms with Gasteiger partial charge in [-0.05, 0) is 18.2 Å². The molecule has 0 spiro atoms. The Hall–Kier alpha value is -1.74. The Kier molecular flexibility index (Phi) is 3.49. The Morgan fingerprint density at radius 1 is 1.41 bits per heavy atom. The summed E-state index contributed by atoms with van der Waals surface area (Å²) in [5, 5.41) is 0.469. The summed E-state index contributed by atoms with van der Waals surface area (Å²) in [7, 11) is 1.91. The second-order valence-electron chi connectivity index (χ2n) is 3.78. The Morgan fingerprint density at radius 2 is 2.24 bits per heavy atom. The van der Waals surface area contributed by atoms with Crippen molar-refractivity contribution in [3.63, 3.8) is 0 Å². The Morgan fingerprint density at radius 3 is 2.88 bits per heavy atom. The highest BCUT2D eigenvalue weighted by atomic mass is 35.5. The average molecular weight is 250 g/mol. The number of nitrogens with zero attached hydrogens (tertiary/aromatic N) is 1. The Bertz CT molecular complexity index is 508. The molecular weight excluding hydrogens is 238 g/mol. The van der Waals surface area contributed by atoms with E-state index in [2.05, 4.69) is 0 Å². The number of halogens is 1. The van der Waals surface area contributed by atoms with Crippen molar-refractivity contribution in [3.8, 4) is 0 Å². The van der Waals surface area contributed by atoms with E-state index in [1.807, 2.05) is 30.1 Å². The molecule has 88 valence electrons. The summed E-state index contributed by atoms with van der Waals surface area (Å²) in [5.74, 6) is 0. The molecule has 0 saturated heterocycles. The zero-order valence-corrected chi connectivity index (χ0v) is 10.1. The van der Waals surface area contributed by atoms with Gasteiger partial charge in [0, 0.05) is 24.8 Å². The van der Waals surface area contributed by atoms with Gasteiger partial charge >= 0.3 is 0 Å². The van der Waals surface area contributed by atoms with E-state index in [-0.39, 0.29) is 0 Å². The molecule has 4 heteroatoms. The van der Waals surface area contributed by atoms with Crippen LogP contribution in [0.25, 0.3) is 0 Å². The van der Waals surface area contributed by atoms with Gasteiger partial charge in [-0.2, -0.15) is 0 Å². The van der Waals surface area contributed by atoms with Crippen LogP contribution in [0.15, 0.2) is 41.2 Å². The van der Waals surface area contributed by atoms with Crippen LogP contribution >= 0.6 is 11.6 Å². The van der Waals surface area contributed by atoms with Crippen LogP contribution in [0.2, 0.25) is 5.02 Å². The first kappa shape index (κ1) is 11.7. The van der Waals surface area contributed by atoms with E-state index in [9.17, 15) is 4.79 Å². The fraction of sp³-hybridized carbons (Fsp3) is 0.154. The van der Waals surface area contributed by atoms with E-state index in [1.54, 1.807) is 18.6 Å². The summed E-state index contributed by atoms with van der Waals surface area (Å²) >= 11 is 5.98. The molecule has 3 nitrogen and oxygen atoms in total. The van der Waals surface area contributed by atoms with Gasteiger partial charge in [0.25, 0.3) is 0 Å². The molecule has 0 saturated carbocycles. The number of furan rings is 1. The van der Waals surface area contributed by atoms with E-state index >= 15 is 0 Å². The summed E-state index contributed by atoms with van der Waals surface area (Å²) in [6.45, 7) is 0.664. The normalized spacial score (nSPS) is 10.2. The summed E-state index contributed by atoms with van der Waals surface area (Å²) in [6.07, 6.45) is 4.09. The molecule has 1 aromatic carbocycles. The minimum atomic E-state index is 0.469. The average Bonchev–Trinajstić information content (AvgIpc) is 2.81. The van der Waals surface area contributed by atoms with Gasteiger partial charge in [-0.15, -0.1) is 0 Å². The maximum absolute atomic E-state index is 11.0. The van der Waals surface area contributed by atoms with Crippen molar-refractivity contribution in [2.24, 2.45) is 0 Å². The monoisotopic (exact) mass is 249 g/mol. The van der Waals surface area contributed by atoms with Crippen LogP contribution < -0.4 is 4.90 Å². The second kappa shape index (κ2) is 5.06. The molecule has 1 heterocycles. The quantitative estimate of drug-likeness (QED) is 0.779. The predicted octanol–water partition coefficient (Wildman–Crippen LogP) is 3.38. The number of carbonyl (C=O) groups is 1. The van der Waals surface area contributed by atoms with Crippen LogP contribution in [0, 0.1) is 0 Å². The Balaban J connectivity index is 2.27. The van der Waals surface area contributed by atoms with Crippen LogP contribution in [0.1, 0.15) is 15.9 Å². The van der Waals surface area contributed by atoms with Crippen LogP contribution in [0.3, 0.4) is 0 Å². The fourth-order valence-corrected chi connectivity index (χ4v) is 1.93. The molecule has 1 aromatic heterocycles. The number of carbonyl (C=O) groups excluding carboxylic acids is 1. The predicted molar refractivity (Wildman–Crippen MR) is 67.7 cm³/mol. The van der Waals surface area contributed by atoms with Gasteiger partial charge in [0.05, 0.1) is 23.1 Å². The third-order valence-corrected chi connectivity index (χ3v) is 2.89. The van der Waals surface area contributed by atoms with Gasteiger partial charge in [-0.25, -0.2) is 0 Å². The smallest absolute Gasteiger partial charge is 0.153 e. The second-order valence-corrected chi connectivity index (χ2v) is 4.19. The molecule has 0 atom stereocenters. The lowest BCUT2D eigenvalue weighted by molar-refractivity contribution is 0.112. The molecule has 0 aliphatic rings. The molecule has 0 aliphatic carbocycles. The SMILES string of the molecule is CN(Cc1ccoc1)c1cccc(Cl)c1C=O. The maximum atomic E-state index is 11.0. The van der Waals surface area contributed by atoms with Gasteiger partial charge in [0.1, 0.15) is 0 Å². The van der Waals surface area contributed by atoms with Gasteiger partial charge in [0.15, 0.2) is 6.29 Å². The van der Waals surface area contributed by atoms with Crippen molar-refractivity contribution >= 4 is 23.6 Å². The molecule has 0 aliphatic heterocycles. The lowest BCUT2D eigenvalue weighted by Crippen LogP contribution is -2.17. The molecule has 2 aromatic rings. The standard InChI is InChI=1S/C13H12ClNO2/c1-15(7-10-5-6-17-9-10)13-4-2-3-12(14)11(13)8-16/h2-6,8-9H,7H2,1H3. The van der Waals surface area contributed by atoms with Crippen LogP contribution in [-0.2, 0) is 6.54 Å². The zero-order chi connectivity index (χ0) is 12.3. The van der Waals surface area contributed by atoms with Gasteiger partial charge in [0.2, 0.25) is 0 Å². The first-order valence-electron chi connectivity index (χ1n) is 5.18. The first-order chi connectivity index (χ1) is 8.22. The summed E-state index contributed by atoms with van der Waals surface area (Å²) in [5.41, 5.74) is 2.37. The van der Waals surface area contributed by atoms with E-state index < -0.39 is 0 Å². The van der Waals surface area contributed by atoms with E-state index in [0.29, 0.717) is 17.1 Å². The van der Waals surface area contributed by atoms with Crippen molar-refractivity contribution in [2.75, 3.05) is 11.9 Å². The molecule has 0 amide bonds. The molecule has 17 heavy (non-hydrogen) atoms. The van der Waals surface area contributed by atoms with Gasteiger partial charge in [-0.1, -0.05) is 17.7 Å². The highest BCUT2D eigenvalue weighted by Crippen LogP contribution is 2.26. The van der Waals surface area contributed by atoms with Crippen LogP contribution in [-0.4, -0.2) is 13.3 Å². The number of anilines is 1. The van der Waals surface area contributed by atoms with E-state index in [4.69, 9.17) is 16.0 Å². The molecule has 0 fully saturated rings. The van der Waals surface area contributed by atoms with Crippen molar-refractivity contribution < 1.29 is 9.21 Å². The summed E-state index contributed by atoms with van der Waals surface area (Å²) < 4.78 is 5.01. The van der Waals surface area contributed by atoms with Gasteiger partial charge < -0.3 is 9.32 Å². The third kappa shape index (κ3) is 2.50. The van der Waals surface area contributed by atoms with Crippen LogP contribution in [0.4, 0.5) is 5.69 Å². The number of hydrogen-bond donors (Lipinski definition) is 0. The molecule has 0 bridgehead atoms. The maximum Gasteiger partial charge on any atom is 0.153 e. The molecule has 0 unspecified atom stereocenters. The summed E-state index contributed by atoms with van der Waals surface area (Å²) in [4.78, 5) is 13.0.